The molecule has 0 saturated heterocycles. The summed E-state index contributed by atoms with van der Waals surface area (Å²) in [5, 5.41) is 53.5. The average molecular weight is 226 g/mol. The van der Waals surface area contributed by atoms with Crippen molar-refractivity contribution in [2.75, 3.05) is 26.4 Å². The molecule has 7 heteroatoms. The van der Waals surface area contributed by atoms with Crippen LogP contribution in [0.25, 0.3) is 0 Å². The van der Waals surface area contributed by atoms with Crippen LogP contribution >= 0.6 is 0 Å². The lowest BCUT2D eigenvalue weighted by atomic mass is 10.0. The Morgan fingerprint density at radius 2 is 1.40 bits per heavy atom. The molecule has 0 aliphatic carbocycles. The molecular weight excluding hydrogens is 208 g/mol. The van der Waals surface area contributed by atoms with Crippen molar-refractivity contribution in [3.05, 3.63) is 0 Å². The lowest BCUT2D eigenvalue weighted by Crippen LogP contribution is -2.47. The second kappa shape index (κ2) is 7.94. The third kappa shape index (κ3) is 5.38. The van der Waals surface area contributed by atoms with Gasteiger partial charge in [-0.3, -0.25) is 0 Å². The summed E-state index contributed by atoms with van der Waals surface area (Å²) >= 11 is 0. The Labute approximate surface area is 87.2 Å². The molecule has 15 heavy (non-hydrogen) atoms. The molecule has 0 aliphatic heterocycles. The maximum atomic E-state index is 9.27. The van der Waals surface area contributed by atoms with Gasteiger partial charge in [0, 0.05) is 0 Å². The SMILES string of the molecule is OCCOC[C@@H](O)[C@@H](O)[C@H](O)[C@@H](O)CO. The molecule has 0 radical (unpaired) electrons. The number of aliphatic hydroxyl groups is 6. The van der Waals surface area contributed by atoms with Crippen molar-refractivity contribution < 1.29 is 35.4 Å². The van der Waals surface area contributed by atoms with E-state index in [9.17, 15) is 15.3 Å². The molecule has 0 fully saturated rings. The van der Waals surface area contributed by atoms with E-state index >= 15 is 0 Å². The Kier molecular flexibility index (Phi) is 7.79. The smallest absolute Gasteiger partial charge is 0.111 e. The largest absolute Gasteiger partial charge is 0.394 e. The summed E-state index contributed by atoms with van der Waals surface area (Å²) in [5.41, 5.74) is 0. The molecule has 0 aliphatic rings. The second-order valence-corrected chi connectivity index (χ2v) is 3.10. The van der Waals surface area contributed by atoms with Crippen molar-refractivity contribution in [1.82, 2.24) is 0 Å². The molecule has 0 rings (SSSR count). The van der Waals surface area contributed by atoms with Crippen LogP contribution in [0.1, 0.15) is 0 Å². The lowest BCUT2D eigenvalue weighted by Gasteiger charge is -2.25. The van der Waals surface area contributed by atoms with E-state index < -0.39 is 31.0 Å². The molecule has 0 aromatic carbocycles. The highest BCUT2D eigenvalue weighted by molar-refractivity contribution is 4.80. The molecule has 0 aromatic heterocycles. The molecule has 92 valence electrons. The monoisotopic (exact) mass is 226 g/mol. The first-order valence-corrected chi connectivity index (χ1v) is 4.56. The molecule has 7 nitrogen and oxygen atoms in total. The highest BCUT2D eigenvalue weighted by Crippen LogP contribution is 2.05. The van der Waals surface area contributed by atoms with E-state index in [0.29, 0.717) is 0 Å². The van der Waals surface area contributed by atoms with Crippen LogP contribution in [0.15, 0.2) is 0 Å². The molecule has 0 aromatic rings. The summed E-state index contributed by atoms with van der Waals surface area (Å²) in [4.78, 5) is 0. The molecule has 0 bridgehead atoms. The zero-order valence-electron chi connectivity index (χ0n) is 8.23. The van der Waals surface area contributed by atoms with Gasteiger partial charge in [-0.1, -0.05) is 0 Å². The minimum atomic E-state index is -1.65. The molecule has 4 atom stereocenters. The van der Waals surface area contributed by atoms with Crippen molar-refractivity contribution in [3.8, 4) is 0 Å². The van der Waals surface area contributed by atoms with E-state index in [4.69, 9.17) is 20.1 Å². The fourth-order valence-corrected chi connectivity index (χ4v) is 0.930. The number of hydrogen-bond donors (Lipinski definition) is 6. The summed E-state index contributed by atoms with van der Waals surface area (Å²) in [6, 6.07) is 0. The molecule has 6 N–H and O–H groups in total. The van der Waals surface area contributed by atoms with E-state index in [1.807, 2.05) is 0 Å². The Balaban J connectivity index is 3.90. The third-order valence-electron chi connectivity index (χ3n) is 1.85. The zero-order chi connectivity index (χ0) is 11.8. The average Bonchev–Trinajstić information content (AvgIpc) is 2.26. The van der Waals surface area contributed by atoms with Crippen LogP contribution in [-0.4, -0.2) is 81.5 Å². The number of hydrogen-bond acceptors (Lipinski definition) is 7. The summed E-state index contributed by atoms with van der Waals surface area (Å²) in [6.45, 7) is -1.22. The first-order chi connectivity index (χ1) is 7.04. The summed E-state index contributed by atoms with van der Waals surface area (Å²) in [7, 11) is 0. The van der Waals surface area contributed by atoms with Gasteiger partial charge < -0.3 is 35.4 Å². The van der Waals surface area contributed by atoms with Crippen LogP contribution in [0.5, 0.6) is 0 Å². The molecule has 0 heterocycles. The normalized spacial score (nSPS) is 19.6. The predicted octanol–water partition coefficient (Wildman–Crippen LogP) is -3.57. The van der Waals surface area contributed by atoms with E-state index in [-0.39, 0.29) is 19.8 Å². The number of ether oxygens (including phenoxy) is 1. The van der Waals surface area contributed by atoms with Gasteiger partial charge in [-0.15, -0.1) is 0 Å². The van der Waals surface area contributed by atoms with Gasteiger partial charge >= 0.3 is 0 Å². The highest BCUT2D eigenvalue weighted by Gasteiger charge is 2.29. The number of rotatable bonds is 8. The minimum Gasteiger partial charge on any atom is -0.394 e. The van der Waals surface area contributed by atoms with Gasteiger partial charge in [-0.25, -0.2) is 0 Å². The Morgan fingerprint density at radius 3 is 1.87 bits per heavy atom. The van der Waals surface area contributed by atoms with Gasteiger partial charge in [0.15, 0.2) is 0 Å². The van der Waals surface area contributed by atoms with Gasteiger partial charge in [0.25, 0.3) is 0 Å². The van der Waals surface area contributed by atoms with Crippen LogP contribution in [0.2, 0.25) is 0 Å². The van der Waals surface area contributed by atoms with Crippen molar-refractivity contribution in [2.24, 2.45) is 0 Å². The highest BCUT2D eigenvalue weighted by atomic mass is 16.5. The lowest BCUT2D eigenvalue weighted by molar-refractivity contribution is -0.129. The summed E-state index contributed by atoms with van der Waals surface area (Å²) < 4.78 is 4.71. The third-order valence-corrected chi connectivity index (χ3v) is 1.85. The molecule has 0 amide bonds. The topological polar surface area (TPSA) is 131 Å². The van der Waals surface area contributed by atoms with Crippen molar-refractivity contribution in [1.29, 1.82) is 0 Å². The first-order valence-electron chi connectivity index (χ1n) is 4.56. The molecule has 0 saturated carbocycles. The van der Waals surface area contributed by atoms with E-state index in [1.165, 1.54) is 0 Å². The molecule has 0 unspecified atom stereocenters. The van der Waals surface area contributed by atoms with Gasteiger partial charge in [0.1, 0.15) is 24.4 Å². The zero-order valence-corrected chi connectivity index (χ0v) is 8.23. The molecular formula is C8H18O7. The maximum Gasteiger partial charge on any atom is 0.111 e. The van der Waals surface area contributed by atoms with Gasteiger partial charge in [-0.2, -0.15) is 0 Å². The predicted molar refractivity (Wildman–Crippen MR) is 49.0 cm³/mol. The van der Waals surface area contributed by atoms with Crippen LogP contribution in [0.4, 0.5) is 0 Å². The fraction of sp³-hybridized carbons (Fsp3) is 1.00. The van der Waals surface area contributed by atoms with Crippen molar-refractivity contribution >= 4 is 0 Å². The first kappa shape index (κ1) is 14.7. The van der Waals surface area contributed by atoms with Gasteiger partial charge in [0.05, 0.1) is 26.4 Å². The second-order valence-electron chi connectivity index (χ2n) is 3.10. The maximum absolute atomic E-state index is 9.27. The number of aliphatic hydroxyl groups excluding tert-OH is 6. The van der Waals surface area contributed by atoms with Crippen LogP contribution in [0.3, 0.4) is 0 Å². The van der Waals surface area contributed by atoms with E-state index in [0.717, 1.165) is 0 Å². The van der Waals surface area contributed by atoms with E-state index in [1.54, 1.807) is 0 Å². The Morgan fingerprint density at radius 1 is 0.867 bits per heavy atom. The minimum absolute atomic E-state index is 0.00241. The van der Waals surface area contributed by atoms with E-state index in [2.05, 4.69) is 0 Å². The summed E-state index contributed by atoms with van der Waals surface area (Å²) in [6.07, 6.45) is -6.19. The van der Waals surface area contributed by atoms with Gasteiger partial charge in [0.2, 0.25) is 0 Å². The van der Waals surface area contributed by atoms with Gasteiger partial charge in [-0.05, 0) is 0 Å². The Hall–Kier alpha value is -0.280. The molecule has 0 spiro atoms. The summed E-state index contributed by atoms with van der Waals surface area (Å²) in [5.74, 6) is 0. The Bertz CT molecular complexity index is 154. The quantitative estimate of drug-likeness (QED) is 0.236. The van der Waals surface area contributed by atoms with Crippen LogP contribution in [0, 0.1) is 0 Å². The van der Waals surface area contributed by atoms with Crippen molar-refractivity contribution in [2.45, 2.75) is 24.4 Å². The standard InChI is InChI=1S/C8H18O7/c9-1-2-15-4-6(12)8(14)7(13)5(11)3-10/h5-14H,1-4H2/t5-,6+,7+,8+/m0/s1. The van der Waals surface area contributed by atoms with Crippen LogP contribution < -0.4 is 0 Å². The van der Waals surface area contributed by atoms with Crippen LogP contribution in [-0.2, 0) is 4.74 Å². The fourth-order valence-electron chi connectivity index (χ4n) is 0.930. The van der Waals surface area contributed by atoms with Crippen molar-refractivity contribution in [3.63, 3.8) is 0 Å².